The first-order valence-electron chi connectivity index (χ1n) is 4.62. The van der Waals surface area contributed by atoms with E-state index in [1.807, 2.05) is 12.1 Å². The Morgan fingerprint density at radius 3 is 2.86 bits per heavy atom. The maximum atomic E-state index is 11.7. The summed E-state index contributed by atoms with van der Waals surface area (Å²) in [6.07, 6.45) is 2.51. The van der Waals surface area contributed by atoms with Crippen LogP contribution in [0.25, 0.3) is 0 Å². The molecule has 0 fully saturated rings. The second-order valence-corrected chi connectivity index (χ2v) is 4.23. The van der Waals surface area contributed by atoms with Crippen molar-refractivity contribution >= 4 is 21.7 Å². The molecule has 0 spiro atoms. The van der Waals surface area contributed by atoms with Crippen LogP contribution in [0.15, 0.2) is 16.6 Å². The lowest BCUT2D eigenvalue weighted by Gasteiger charge is -2.18. The number of carbonyl (C=O) groups excluding carboxylic acids is 1. The van der Waals surface area contributed by atoms with Crippen molar-refractivity contribution in [1.82, 2.24) is 0 Å². The van der Waals surface area contributed by atoms with Gasteiger partial charge in [-0.05, 0) is 25.0 Å². The van der Waals surface area contributed by atoms with E-state index in [2.05, 4.69) is 15.9 Å². The summed E-state index contributed by atoms with van der Waals surface area (Å²) in [4.78, 5) is 11.7. The minimum atomic E-state index is 0.219. The van der Waals surface area contributed by atoms with Crippen LogP contribution in [0.3, 0.4) is 0 Å². The Kier molecular flexibility index (Phi) is 2.59. The summed E-state index contributed by atoms with van der Waals surface area (Å²) in [7, 11) is 1.64. The van der Waals surface area contributed by atoms with Gasteiger partial charge in [0.2, 0.25) is 0 Å². The van der Waals surface area contributed by atoms with Crippen LogP contribution in [-0.4, -0.2) is 12.9 Å². The van der Waals surface area contributed by atoms with E-state index in [9.17, 15) is 4.79 Å². The molecule has 0 atom stereocenters. The Morgan fingerprint density at radius 2 is 2.14 bits per heavy atom. The number of ether oxygens (including phenoxy) is 1. The fraction of sp³-hybridized carbons (Fsp3) is 0.364. The smallest absolute Gasteiger partial charge is 0.164 e. The average Bonchev–Trinajstić information content (AvgIpc) is 2.18. The molecule has 0 amide bonds. The number of halogens is 1. The molecule has 1 aromatic carbocycles. The fourth-order valence-corrected chi connectivity index (χ4v) is 2.48. The molecule has 1 aliphatic carbocycles. The molecule has 0 saturated carbocycles. The summed E-state index contributed by atoms with van der Waals surface area (Å²) < 4.78 is 6.13. The van der Waals surface area contributed by atoms with Gasteiger partial charge in [0.1, 0.15) is 5.75 Å². The van der Waals surface area contributed by atoms with Gasteiger partial charge in [0.15, 0.2) is 5.78 Å². The zero-order valence-electron chi connectivity index (χ0n) is 7.97. The van der Waals surface area contributed by atoms with E-state index in [1.54, 1.807) is 7.11 Å². The molecule has 0 unspecified atom stereocenters. The second kappa shape index (κ2) is 3.73. The molecule has 2 rings (SSSR count). The van der Waals surface area contributed by atoms with Crippen LogP contribution in [0, 0.1) is 0 Å². The SMILES string of the molecule is COc1ccc(Br)c2c1CCCC2=O. The van der Waals surface area contributed by atoms with Gasteiger partial charge >= 0.3 is 0 Å². The van der Waals surface area contributed by atoms with Crippen LogP contribution in [-0.2, 0) is 6.42 Å². The van der Waals surface area contributed by atoms with Crippen LogP contribution < -0.4 is 4.74 Å². The van der Waals surface area contributed by atoms with E-state index in [4.69, 9.17) is 4.74 Å². The predicted molar refractivity (Wildman–Crippen MR) is 58.0 cm³/mol. The molecule has 0 heterocycles. The molecule has 2 nitrogen and oxygen atoms in total. The molecule has 1 aliphatic rings. The van der Waals surface area contributed by atoms with Gasteiger partial charge in [-0.25, -0.2) is 0 Å². The van der Waals surface area contributed by atoms with Crippen LogP contribution in [0.5, 0.6) is 5.75 Å². The van der Waals surface area contributed by atoms with Crippen LogP contribution in [0.2, 0.25) is 0 Å². The molecular formula is C11H11BrO2. The molecule has 0 radical (unpaired) electrons. The number of carbonyl (C=O) groups is 1. The van der Waals surface area contributed by atoms with Gasteiger partial charge in [0.05, 0.1) is 7.11 Å². The van der Waals surface area contributed by atoms with Gasteiger partial charge in [-0.1, -0.05) is 15.9 Å². The quantitative estimate of drug-likeness (QED) is 0.771. The molecule has 0 bridgehead atoms. The molecular weight excluding hydrogens is 244 g/mol. The Balaban J connectivity index is 2.63. The largest absolute Gasteiger partial charge is 0.496 e. The first-order valence-corrected chi connectivity index (χ1v) is 5.42. The molecule has 3 heteroatoms. The highest BCUT2D eigenvalue weighted by atomic mass is 79.9. The van der Waals surface area contributed by atoms with Gasteiger partial charge in [-0.3, -0.25) is 4.79 Å². The zero-order valence-corrected chi connectivity index (χ0v) is 9.56. The summed E-state index contributed by atoms with van der Waals surface area (Å²) in [5.74, 6) is 1.05. The summed E-state index contributed by atoms with van der Waals surface area (Å²) in [6.45, 7) is 0. The van der Waals surface area contributed by atoms with E-state index < -0.39 is 0 Å². The minimum absolute atomic E-state index is 0.219. The van der Waals surface area contributed by atoms with Crippen molar-refractivity contribution < 1.29 is 9.53 Å². The topological polar surface area (TPSA) is 26.3 Å². The summed E-state index contributed by atoms with van der Waals surface area (Å²) in [6, 6.07) is 3.78. The Labute approximate surface area is 91.4 Å². The third-order valence-electron chi connectivity index (χ3n) is 2.55. The third-order valence-corrected chi connectivity index (χ3v) is 3.21. The third kappa shape index (κ3) is 1.46. The van der Waals surface area contributed by atoms with Gasteiger partial charge in [0.25, 0.3) is 0 Å². The molecule has 0 N–H and O–H groups in total. The summed E-state index contributed by atoms with van der Waals surface area (Å²) >= 11 is 3.41. The lowest BCUT2D eigenvalue weighted by atomic mass is 9.90. The van der Waals surface area contributed by atoms with Gasteiger partial charge < -0.3 is 4.74 Å². The standard InChI is InChI=1S/C11H11BrO2/c1-14-10-6-5-8(12)11-7(10)3-2-4-9(11)13/h5-6H,2-4H2,1H3. The number of benzene rings is 1. The van der Waals surface area contributed by atoms with Crippen molar-refractivity contribution in [2.75, 3.05) is 7.11 Å². The number of hydrogen-bond acceptors (Lipinski definition) is 2. The normalized spacial score (nSPS) is 15.1. The van der Waals surface area contributed by atoms with E-state index in [-0.39, 0.29) is 5.78 Å². The monoisotopic (exact) mass is 254 g/mol. The maximum Gasteiger partial charge on any atom is 0.164 e. The Bertz CT molecular complexity index is 385. The highest BCUT2D eigenvalue weighted by Gasteiger charge is 2.22. The first-order chi connectivity index (χ1) is 6.74. The van der Waals surface area contributed by atoms with Crippen LogP contribution in [0.4, 0.5) is 0 Å². The number of fused-ring (bicyclic) bond motifs is 1. The number of rotatable bonds is 1. The summed E-state index contributed by atoms with van der Waals surface area (Å²) in [5, 5.41) is 0. The highest BCUT2D eigenvalue weighted by Crippen LogP contribution is 2.34. The molecule has 1 aromatic rings. The van der Waals surface area contributed by atoms with E-state index in [0.717, 1.165) is 34.2 Å². The fourth-order valence-electron chi connectivity index (χ4n) is 1.89. The molecule has 0 aromatic heterocycles. The molecule has 0 aliphatic heterocycles. The van der Waals surface area contributed by atoms with Crippen molar-refractivity contribution in [1.29, 1.82) is 0 Å². The summed E-state index contributed by atoms with van der Waals surface area (Å²) in [5.41, 5.74) is 1.87. The van der Waals surface area contributed by atoms with E-state index >= 15 is 0 Å². The lowest BCUT2D eigenvalue weighted by Crippen LogP contribution is -2.12. The van der Waals surface area contributed by atoms with Crippen molar-refractivity contribution in [2.24, 2.45) is 0 Å². The second-order valence-electron chi connectivity index (χ2n) is 3.38. The highest BCUT2D eigenvalue weighted by molar-refractivity contribution is 9.10. The van der Waals surface area contributed by atoms with E-state index in [1.165, 1.54) is 0 Å². The average molecular weight is 255 g/mol. The van der Waals surface area contributed by atoms with Gasteiger partial charge in [-0.2, -0.15) is 0 Å². The van der Waals surface area contributed by atoms with E-state index in [0.29, 0.717) is 6.42 Å². The van der Waals surface area contributed by atoms with Crippen molar-refractivity contribution in [3.8, 4) is 5.75 Å². The lowest BCUT2D eigenvalue weighted by molar-refractivity contribution is 0.0971. The Morgan fingerprint density at radius 1 is 1.36 bits per heavy atom. The number of Topliss-reactive ketones (excluding diaryl/α,β-unsaturated/α-hetero) is 1. The number of hydrogen-bond donors (Lipinski definition) is 0. The molecule has 14 heavy (non-hydrogen) atoms. The van der Waals surface area contributed by atoms with Crippen molar-refractivity contribution in [3.05, 3.63) is 27.7 Å². The van der Waals surface area contributed by atoms with Gasteiger partial charge in [0, 0.05) is 22.0 Å². The first kappa shape index (κ1) is 9.71. The van der Waals surface area contributed by atoms with Gasteiger partial charge in [-0.15, -0.1) is 0 Å². The van der Waals surface area contributed by atoms with Crippen molar-refractivity contribution in [2.45, 2.75) is 19.3 Å². The predicted octanol–water partition coefficient (Wildman–Crippen LogP) is 2.98. The zero-order chi connectivity index (χ0) is 10.1. The Hall–Kier alpha value is -0.830. The number of methoxy groups -OCH3 is 1. The van der Waals surface area contributed by atoms with Crippen molar-refractivity contribution in [3.63, 3.8) is 0 Å². The number of ketones is 1. The maximum absolute atomic E-state index is 11.7. The molecule has 0 saturated heterocycles. The van der Waals surface area contributed by atoms with Crippen LogP contribution in [0.1, 0.15) is 28.8 Å². The molecule has 74 valence electrons. The minimum Gasteiger partial charge on any atom is -0.496 e. The van der Waals surface area contributed by atoms with Crippen LogP contribution >= 0.6 is 15.9 Å².